The van der Waals surface area contributed by atoms with E-state index >= 15 is 0 Å². The van der Waals surface area contributed by atoms with Crippen LogP contribution in [0, 0.1) is 11.3 Å². The average Bonchev–Trinajstić information content (AvgIpc) is 2.83. The minimum Gasteiger partial charge on any atom is -0.298 e. The molecule has 0 aliphatic heterocycles. The molecule has 1 aromatic rings. The van der Waals surface area contributed by atoms with Crippen LogP contribution in [0.2, 0.25) is 0 Å². The molecule has 5 nitrogen and oxygen atoms in total. The minimum atomic E-state index is -0.285. The van der Waals surface area contributed by atoms with Crippen molar-refractivity contribution in [3.63, 3.8) is 0 Å². The zero-order valence-electron chi connectivity index (χ0n) is 11.6. The maximum Gasteiger partial charge on any atom is 0.130 e. The summed E-state index contributed by atoms with van der Waals surface area (Å²) >= 11 is 1.67. The van der Waals surface area contributed by atoms with E-state index in [0.29, 0.717) is 13.1 Å². The summed E-state index contributed by atoms with van der Waals surface area (Å²) < 4.78 is 0. The second-order valence-electron chi connectivity index (χ2n) is 5.28. The van der Waals surface area contributed by atoms with Crippen molar-refractivity contribution < 1.29 is 0 Å². The smallest absolute Gasteiger partial charge is 0.130 e. The van der Waals surface area contributed by atoms with E-state index in [0.717, 1.165) is 11.3 Å². The molecule has 0 aromatic carbocycles. The third-order valence-electron chi connectivity index (χ3n) is 2.63. The highest BCUT2D eigenvalue weighted by atomic mass is 32.1. The lowest BCUT2D eigenvalue weighted by Crippen LogP contribution is -2.20. The first-order valence-corrected chi connectivity index (χ1v) is 7.04. The summed E-state index contributed by atoms with van der Waals surface area (Å²) in [5.41, 5.74) is 8.28. The fourth-order valence-electron chi connectivity index (χ4n) is 1.56. The Bertz CT molecular complexity index is 488. The van der Waals surface area contributed by atoms with E-state index in [4.69, 9.17) is 5.53 Å². The van der Waals surface area contributed by atoms with Crippen LogP contribution in [-0.4, -0.2) is 13.1 Å². The van der Waals surface area contributed by atoms with Crippen molar-refractivity contribution >= 4 is 11.3 Å². The molecule has 1 unspecified atom stereocenters. The van der Waals surface area contributed by atoms with Crippen LogP contribution in [0.3, 0.4) is 0 Å². The Hall–Kier alpha value is -1.54. The van der Waals surface area contributed by atoms with Gasteiger partial charge in [0, 0.05) is 21.2 Å². The first-order chi connectivity index (χ1) is 8.99. The number of hydrogen-bond acceptors (Lipinski definition) is 4. The third-order valence-corrected chi connectivity index (χ3v) is 4.20. The van der Waals surface area contributed by atoms with Gasteiger partial charge in [0.15, 0.2) is 0 Å². The Morgan fingerprint density at radius 2 is 2.26 bits per heavy atom. The van der Waals surface area contributed by atoms with E-state index in [1.165, 1.54) is 4.88 Å². The van der Waals surface area contributed by atoms with Gasteiger partial charge in [-0.05, 0) is 36.0 Å². The lowest BCUT2D eigenvalue weighted by Gasteiger charge is -2.15. The van der Waals surface area contributed by atoms with E-state index in [2.05, 4.69) is 48.2 Å². The predicted molar refractivity (Wildman–Crippen MR) is 78.0 cm³/mol. The Balaban J connectivity index is 2.58. The Kier molecular flexibility index (Phi) is 5.84. The first kappa shape index (κ1) is 15.5. The van der Waals surface area contributed by atoms with Crippen LogP contribution < -0.4 is 5.32 Å². The van der Waals surface area contributed by atoms with Crippen LogP contribution in [0.1, 0.15) is 43.0 Å². The average molecular weight is 277 g/mol. The molecule has 0 spiro atoms. The highest BCUT2D eigenvalue weighted by molar-refractivity contribution is 7.12. The van der Waals surface area contributed by atoms with Gasteiger partial charge in [0.1, 0.15) is 6.04 Å². The normalized spacial score (nSPS) is 12.5. The van der Waals surface area contributed by atoms with Gasteiger partial charge in [-0.3, -0.25) is 5.32 Å². The zero-order chi connectivity index (χ0) is 14.3. The largest absolute Gasteiger partial charge is 0.298 e. The van der Waals surface area contributed by atoms with Crippen LogP contribution in [0.4, 0.5) is 0 Å². The monoisotopic (exact) mass is 277 g/mol. The zero-order valence-corrected chi connectivity index (χ0v) is 12.4. The first-order valence-electron chi connectivity index (χ1n) is 6.23. The van der Waals surface area contributed by atoms with E-state index in [1.807, 2.05) is 6.07 Å². The summed E-state index contributed by atoms with van der Waals surface area (Å²) in [4.78, 5) is 5.01. The molecule has 19 heavy (non-hydrogen) atoms. The van der Waals surface area contributed by atoms with Gasteiger partial charge in [-0.2, -0.15) is 5.26 Å². The SMILES string of the molecule is CC(C)(C)c1ccc(C(C#N)NCCCN=[N+]=[N-])s1. The highest BCUT2D eigenvalue weighted by Gasteiger charge is 2.19. The van der Waals surface area contributed by atoms with Crippen molar-refractivity contribution in [3.05, 3.63) is 32.3 Å². The number of nitrogens with one attached hydrogen (secondary N) is 1. The Morgan fingerprint density at radius 1 is 1.53 bits per heavy atom. The second-order valence-corrected chi connectivity index (χ2v) is 6.39. The number of nitriles is 1. The summed E-state index contributed by atoms with van der Waals surface area (Å²) in [6.07, 6.45) is 0.736. The number of rotatable bonds is 6. The van der Waals surface area contributed by atoms with Gasteiger partial charge in [-0.25, -0.2) is 0 Å². The van der Waals surface area contributed by atoms with Crippen LogP contribution >= 0.6 is 11.3 Å². The minimum absolute atomic E-state index is 0.116. The van der Waals surface area contributed by atoms with Crippen molar-refractivity contribution in [2.75, 3.05) is 13.1 Å². The molecular weight excluding hydrogens is 258 g/mol. The molecule has 0 radical (unpaired) electrons. The summed E-state index contributed by atoms with van der Waals surface area (Å²) in [7, 11) is 0. The molecule has 0 aliphatic carbocycles. The maximum atomic E-state index is 9.21. The van der Waals surface area contributed by atoms with Crippen LogP contribution in [0.25, 0.3) is 10.4 Å². The fourth-order valence-corrected chi connectivity index (χ4v) is 2.65. The second kappa shape index (κ2) is 7.15. The molecule has 0 bridgehead atoms. The Morgan fingerprint density at radius 3 is 2.79 bits per heavy atom. The van der Waals surface area contributed by atoms with Gasteiger partial charge in [0.2, 0.25) is 0 Å². The molecule has 1 rings (SSSR count). The number of hydrogen-bond donors (Lipinski definition) is 1. The molecule has 0 saturated heterocycles. The molecule has 6 heteroatoms. The topological polar surface area (TPSA) is 84.6 Å². The van der Waals surface area contributed by atoms with Gasteiger partial charge >= 0.3 is 0 Å². The van der Waals surface area contributed by atoms with Gasteiger partial charge in [-0.15, -0.1) is 11.3 Å². The van der Waals surface area contributed by atoms with Crippen molar-refractivity contribution in [2.45, 2.75) is 38.6 Å². The van der Waals surface area contributed by atoms with E-state index in [9.17, 15) is 5.26 Å². The van der Waals surface area contributed by atoms with Crippen molar-refractivity contribution in [2.24, 2.45) is 5.11 Å². The third kappa shape index (κ3) is 4.92. The maximum absolute atomic E-state index is 9.21. The number of azide groups is 1. The lowest BCUT2D eigenvalue weighted by atomic mass is 9.95. The van der Waals surface area contributed by atoms with Crippen LogP contribution in [0.5, 0.6) is 0 Å². The fraction of sp³-hybridized carbons (Fsp3) is 0.615. The summed E-state index contributed by atoms with van der Waals surface area (Å²) in [6.45, 7) is 7.62. The lowest BCUT2D eigenvalue weighted by molar-refractivity contribution is 0.604. The van der Waals surface area contributed by atoms with Crippen LogP contribution in [-0.2, 0) is 5.41 Å². The van der Waals surface area contributed by atoms with Gasteiger partial charge in [-0.1, -0.05) is 25.9 Å². The van der Waals surface area contributed by atoms with E-state index < -0.39 is 0 Å². The van der Waals surface area contributed by atoms with Crippen molar-refractivity contribution in [1.82, 2.24) is 5.32 Å². The molecule has 0 aliphatic rings. The van der Waals surface area contributed by atoms with Crippen molar-refractivity contribution in [1.29, 1.82) is 5.26 Å². The molecule has 1 N–H and O–H groups in total. The van der Waals surface area contributed by atoms with Crippen molar-refractivity contribution in [3.8, 4) is 6.07 Å². The molecule has 102 valence electrons. The van der Waals surface area contributed by atoms with Gasteiger partial charge < -0.3 is 0 Å². The number of thiophene rings is 1. The summed E-state index contributed by atoms with van der Waals surface area (Å²) in [6, 6.07) is 6.09. The molecule has 1 aromatic heterocycles. The molecule has 0 amide bonds. The van der Waals surface area contributed by atoms with E-state index in [1.54, 1.807) is 11.3 Å². The summed E-state index contributed by atoms with van der Waals surface area (Å²) in [5, 5.41) is 15.8. The highest BCUT2D eigenvalue weighted by Crippen LogP contribution is 2.32. The standard InChI is InChI=1S/C13H19N5S/c1-13(2,3)12-6-5-11(19-12)10(9-14)16-7-4-8-17-18-15/h5-6,10,16H,4,7-8H2,1-3H3. The molecular formula is C13H19N5S. The molecule has 0 fully saturated rings. The van der Waals surface area contributed by atoms with Crippen LogP contribution in [0.15, 0.2) is 17.2 Å². The molecule has 1 atom stereocenters. The molecule has 1 heterocycles. The summed E-state index contributed by atoms with van der Waals surface area (Å²) in [5.74, 6) is 0. The van der Waals surface area contributed by atoms with Gasteiger partial charge in [0.05, 0.1) is 6.07 Å². The number of nitrogens with zero attached hydrogens (tertiary/aromatic N) is 4. The van der Waals surface area contributed by atoms with Gasteiger partial charge in [0.25, 0.3) is 0 Å². The predicted octanol–water partition coefficient (Wildman–Crippen LogP) is 3.90. The molecule has 0 saturated carbocycles. The quantitative estimate of drug-likeness (QED) is 0.370. The van der Waals surface area contributed by atoms with E-state index in [-0.39, 0.29) is 11.5 Å². The Labute approximate surface area is 117 Å².